The number of nitrogens with zero attached hydrogens (tertiary/aromatic N) is 4. The zero-order chi connectivity index (χ0) is 26.8. The monoisotopic (exact) mass is 516 g/mol. The average Bonchev–Trinajstić information content (AvgIpc) is 3.51. The normalized spacial score (nSPS) is 11.1. The summed E-state index contributed by atoms with van der Waals surface area (Å²) in [5.74, 6) is 0.822. The first-order valence-corrected chi connectivity index (χ1v) is 11.7. The molecule has 0 bridgehead atoms. The van der Waals surface area contributed by atoms with Crippen molar-refractivity contribution < 1.29 is 18.7 Å². The lowest BCUT2D eigenvalue weighted by atomic mass is 10.0. The summed E-state index contributed by atoms with van der Waals surface area (Å²) in [6, 6.07) is 14.8. The van der Waals surface area contributed by atoms with Gasteiger partial charge in [0.1, 0.15) is 25.3 Å². The Balaban J connectivity index is 1.49. The quantitative estimate of drug-likeness (QED) is 0.324. The SMILES string of the molecule is COc1cc(-c2cc(C)cc3c2n(C)c(=O)n3CC(=O)Nc2ccc(F)cc2)ccc1OCc1ncn[nH]1. The number of anilines is 1. The molecule has 10 nitrogen and oxygen atoms in total. The molecular formula is C27H25FN6O4. The first-order chi connectivity index (χ1) is 18.3. The van der Waals surface area contributed by atoms with Crippen molar-refractivity contribution in [3.63, 3.8) is 0 Å². The van der Waals surface area contributed by atoms with Crippen molar-refractivity contribution in [2.45, 2.75) is 20.1 Å². The van der Waals surface area contributed by atoms with Gasteiger partial charge in [0.05, 0.1) is 18.1 Å². The molecule has 0 atom stereocenters. The van der Waals surface area contributed by atoms with Crippen molar-refractivity contribution in [3.8, 4) is 22.6 Å². The number of carbonyl (C=O) groups excluding carboxylic acids is 1. The van der Waals surface area contributed by atoms with Crippen LogP contribution in [0.4, 0.5) is 10.1 Å². The Kier molecular flexibility index (Phi) is 6.65. The number of ether oxygens (including phenoxy) is 2. The highest BCUT2D eigenvalue weighted by Gasteiger charge is 2.19. The lowest BCUT2D eigenvalue weighted by Gasteiger charge is -2.13. The molecule has 0 aliphatic carbocycles. The molecule has 0 unspecified atom stereocenters. The maximum Gasteiger partial charge on any atom is 0.329 e. The Labute approximate surface area is 216 Å². The molecule has 5 rings (SSSR count). The Morgan fingerprint density at radius 2 is 1.89 bits per heavy atom. The molecule has 194 valence electrons. The van der Waals surface area contributed by atoms with Crippen LogP contribution in [0.15, 0.2) is 65.7 Å². The fourth-order valence-corrected chi connectivity index (χ4v) is 4.35. The lowest BCUT2D eigenvalue weighted by Crippen LogP contribution is -2.28. The van der Waals surface area contributed by atoms with Crippen LogP contribution in [0.2, 0.25) is 0 Å². The second-order valence-corrected chi connectivity index (χ2v) is 8.75. The van der Waals surface area contributed by atoms with Crippen LogP contribution in [0.1, 0.15) is 11.4 Å². The summed E-state index contributed by atoms with van der Waals surface area (Å²) in [7, 11) is 3.22. The number of halogens is 1. The van der Waals surface area contributed by atoms with Crippen molar-refractivity contribution in [3.05, 3.63) is 88.6 Å². The van der Waals surface area contributed by atoms with Crippen LogP contribution in [-0.2, 0) is 25.0 Å². The predicted octanol–water partition coefficient (Wildman–Crippen LogP) is 3.80. The van der Waals surface area contributed by atoms with E-state index in [9.17, 15) is 14.0 Å². The van der Waals surface area contributed by atoms with E-state index in [1.165, 1.54) is 39.7 Å². The van der Waals surface area contributed by atoms with Crippen LogP contribution in [0.5, 0.6) is 11.5 Å². The third-order valence-corrected chi connectivity index (χ3v) is 6.11. The summed E-state index contributed by atoms with van der Waals surface area (Å²) < 4.78 is 27.6. The van der Waals surface area contributed by atoms with Gasteiger partial charge in [-0.3, -0.25) is 19.0 Å². The number of fused-ring (bicyclic) bond motifs is 1. The summed E-state index contributed by atoms with van der Waals surface area (Å²) in [5, 5.41) is 9.26. The van der Waals surface area contributed by atoms with E-state index in [1.54, 1.807) is 20.2 Å². The highest BCUT2D eigenvalue weighted by Crippen LogP contribution is 2.36. The molecule has 0 saturated heterocycles. The van der Waals surface area contributed by atoms with E-state index in [2.05, 4.69) is 20.5 Å². The number of rotatable bonds is 8. The molecule has 0 saturated carbocycles. The number of methoxy groups -OCH3 is 1. The van der Waals surface area contributed by atoms with Gasteiger partial charge in [0.2, 0.25) is 5.91 Å². The molecule has 2 N–H and O–H groups in total. The number of benzene rings is 3. The van der Waals surface area contributed by atoms with Crippen molar-refractivity contribution in [1.29, 1.82) is 0 Å². The summed E-state index contributed by atoms with van der Waals surface area (Å²) in [4.78, 5) is 30.0. The Bertz CT molecular complexity index is 1670. The van der Waals surface area contributed by atoms with Crippen LogP contribution in [0, 0.1) is 12.7 Å². The van der Waals surface area contributed by atoms with E-state index in [4.69, 9.17) is 9.47 Å². The second-order valence-electron chi connectivity index (χ2n) is 8.75. The fourth-order valence-electron chi connectivity index (χ4n) is 4.35. The number of hydrogen-bond acceptors (Lipinski definition) is 6. The molecular weight excluding hydrogens is 491 g/mol. The zero-order valence-corrected chi connectivity index (χ0v) is 21.0. The van der Waals surface area contributed by atoms with Crippen LogP contribution in [0.25, 0.3) is 22.2 Å². The molecule has 0 aliphatic rings. The highest BCUT2D eigenvalue weighted by molar-refractivity contribution is 5.96. The Hall–Kier alpha value is -4.93. The minimum Gasteiger partial charge on any atom is -0.493 e. The summed E-state index contributed by atoms with van der Waals surface area (Å²) in [6.07, 6.45) is 1.41. The van der Waals surface area contributed by atoms with Gasteiger partial charge in [-0.1, -0.05) is 6.07 Å². The molecule has 2 heterocycles. The summed E-state index contributed by atoms with van der Waals surface area (Å²) in [6.45, 7) is 1.92. The molecule has 0 aliphatic heterocycles. The molecule has 0 fully saturated rings. The van der Waals surface area contributed by atoms with Gasteiger partial charge >= 0.3 is 5.69 Å². The van der Waals surface area contributed by atoms with Gasteiger partial charge in [0.25, 0.3) is 0 Å². The predicted molar refractivity (Wildman–Crippen MR) is 140 cm³/mol. The highest BCUT2D eigenvalue weighted by atomic mass is 19.1. The van der Waals surface area contributed by atoms with Gasteiger partial charge in [0.15, 0.2) is 17.3 Å². The average molecular weight is 517 g/mol. The lowest BCUT2D eigenvalue weighted by molar-refractivity contribution is -0.116. The van der Waals surface area contributed by atoms with E-state index in [1.807, 2.05) is 31.2 Å². The minimum atomic E-state index is -0.401. The van der Waals surface area contributed by atoms with Gasteiger partial charge < -0.3 is 14.8 Å². The summed E-state index contributed by atoms with van der Waals surface area (Å²) in [5.41, 5.74) is 3.93. The smallest absolute Gasteiger partial charge is 0.329 e. The first kappa shape index (κ1) is 24.8. The molecule has 11 heteroatoms. The van der Waals surface area contributed by atoms with E-state index >= 15 is 0 Å². The van der Waals surface area contributed by atoms with Crippen molar-refractivity contribution in [2.75, 3.05) is 12.4 Å². The standard InChI is InChI=1S/C27H25FN6O4/c1-16-10-20(17-4-9-22(23(12-17)37-3)38-14-24-29-15-30-32-24)26-21(11-16)34(27(36)33(26)2)13-25(35)31-19-7-5-18(28)6-8-19/h4-12,15H,13-14H2,1-3H3,(H,31,35)(H,29,30,32). The number of aromatic amines is 1. The van der Waals surface area contributed by atoms with Crippen molar-refractivity contribution in [2.24, 2.45) is 7.05 Å². The number of nitrogens with one attached hydrogen (secondary N) is 2. The number of H-pyrrole nitrogens is 1. The van der Waals surface area contributed by atoms with Crippen molar-refractivity contribution >= 4 is 22.6 Å². The van der Waals surface area contributed by atoms with E-state index < -0.39 is 11.7 Å². The van der Waals surface area contributed by atoms with Crippen LogP contribution in [-0.4, -0.2) is 37.3 Å². The zero-order valence-electron chi connectivity index (χ0n) is 21.0. The first-order valence-electron chi connectivity index (χ1n) is 11.7. The van der Waals surface area contributed by atoms with Crippen LogP contribution < -0.4 is 20.5 Å². The van der Waals surface area contributed by atoms with Crippen LogP contribution >= 0.6 is 0 Å². The summed E-state index contributed by atoms with van der Waals surface area (Å²) >= 11 is 0. The van der Waals surface area contributed by atoms with E-state index in [0.29, 0.717) is 34.0 Å². The van der Waals surface area contributed by atoms with E-state index in [-0.39, 0.29) is 18.8 Å². The molecule has 0 spiro atoms. The van der Waals surface area contributed by atoms with Crippen LogP contribution in [0.3, 0.4) is 0 Å². The third-order valence-electron chi connectivity index (χ3n) is 6.11. The third kappa shape index (κ3) is 4.85. The van der Waals surface area contributed by atoms with Crippen molar-refractivity contribution in [1.82, 2.24) is 24.3 Å². The van der Waals surface area contributed by atoms with Gasteiger partial charge in [0, 0.05) is 18.3 Å². The van der Waals surface area contributed by atoms with Gasteiger partial charge in [-0.25, -0.2) is 14.2 Å². The maximum atomic E-state index is 13.2. The minimum absolute atomic E-state index is 0.196. The van der Waals surface area contributed by atoms with Gasteiger partial charge in [-0.05, 0) is 66.6 Å². The number of aryl methyl sites for hydroxylation is 2. The number of hydrogen-bond donors (Lipinski definition) is 2. The number of carbonyl (C=O) groups is 1. The molecule has 1 amide bonds. The Morgan fingerprint density at radius 3 is 2.61 bits per heavy atom. The van der Waals surface area contributed by atoms with Gasteiger partial charge in [-0.15, -0.1) is 0 Å². The molecule has 2 aromatic heterocycles. The fraction of sp³-hybridized carbons (Fsp3) is 0.185. The van der Waals surface area contributed by atoms with Gasteiger partial charge in [-0.2, -0.15) is 5.10 Å². The number of imidazole rings is 1. The Morgan fingerprint density at radius 1 is 1.11 bits per heavy atom. The van der Waals surface area contributed by atoms with E-state index in [0.717, 1.165) is 16.7 Å². The largest absolute Gasteiger partial charge is 0.493 e. The topological polar surface area (TPSA) is 116 Å². The maximum absolute atomic E-state index is 13.2. The molecule has 38 heavy (non-hydrogen) atoms. The second kappa shape index (κ2) is 10.2. The number of aromatic nitrogens is 5. The molecule has 0 radical (unpaired) electrons. The molecule has 5 aromatic rings. The number of amides is 1. The molecule has 3 aromatic carbocycles.